The Labute approximate surface area is 124 Å². The highest BCUT2D eigenvalue weighted by atomic mass is 35.5. The van der Waals surface area contributed by atoms with Gasteiger partial charge in [0, 0.05) is 4.88 Å². The van der Waals surface area contributed by atoms with Crippen molar-refractivity contribution in [2.24, 2.45) is 0 Å². The fourth-order valence-corrected chi connectivity index (χ4v) is 3.17. The molecule has 0 aliphatic rings. The Hall–Kier alpha value is -1.04. The molecule has 0 aliphatic carbocycles. The molecule has 1 N–H and O–H groups in total. The zero-order valence-electron chi connectivity index (χ0n) is 10.7. The van der Waals surface area contributed by atoms with Crippen molar-refractivity contribution in [3.63, 3.8) is 0 Å². The van der Waals surface area contributed by atoms with E-state index in [-0.39, 0.29) is 0 Å². The number of halogens is 4. The van der Waals surface area contributed by atoms with Crippen LogP contribution in [0.5, 0.6) is 0 Å². The van der Waals surface area contributed by atoms with E-state index in [2.05, 4.69) is 5.32 Å². The molecular weight excluding hydrogens is 307 g/mol. The van der Waals surface area contributed by atoms with Gasteiger partial charge in [-0.1, -0.05) is 18.5 Å². The van der Waals surface area contributed by atoms with Crippen LogP contribution in [0.25, 0.3) is 0 Å². The van der Waals surface area contributed by atoms with Gasteiger partial charge in [-0.15, -0.1) is 11.3 Å². The average Bonchev–Trinajstić information content (AvgIpc) is 2.83. The third kappa shape index (κ3) is 3.16. The highest BCUT2D eigenvalue weighted by Gasteiger charge is 2.21. The van der Waals surface area contributed by atoms with Gasteiger partial charge in [0.2, 0.25) is 0 Å². The zero-order valence-corrected chi connectivity index (χ0v) is 12.3. The summed E-state index contributed by atoms with van der Waals surface area (Å²) >= 11 is 7.47. The topological polar surface area (TPSA) is 12.0 Å². The van der Waals surface area contributed by atoms with E-state index >= 15 is 0 Å². The van der Waals surface area contributed by atoms with Gasteiger partial charge in [0.05, 0.1) is 11.1 Å². The normalized spacial score (nSPS) is 12.7. The second-order valence-corrected chi connectivity index (χ2v) is 5.67. The maximum absolute atomic E-state index is 13.4. The molecule has 0 spiro atoms. The van der Waals surface area contributed by atoms with Crippen LogP contribution < -0.4 is 5.32 Å². The molecule has 20 heavy (non-hydrogen) atoms. The quantitative estimate of drug-likeness (QED) is 0.772. The van der Waals surface area contributed by atoms with Gasteiger partial charge in [-0.05, 0) is 42.1 Å². The molecule has 1 aromatic carbocycles. The largest absolute Gasteiger partial charge is 0.306 e. The van der Waals surface area contributed by atoms with Gasteiger partial charge in [-0.3, -0.25) is 0 Å². The monoisotopic (exact) mass is 319 g/mol. The molecule has 6 heteroatoms. The van der Waals surface area contributed by atoms with E-state index in [0.717, 1.165) is 23.4 Å². The van der Waals surface area contributed by atoms with Crippen molar-refractivity contribution in [3.05, 3.63) is 56.5 Å². The Morgan fingerprint density at radius 1 is 1.25 bits per heavy atom. The van der Waals surface area contributed by atoms with Crippen molar-refractivity contribution in [1.82, 2.24) is 5.32 Å². The lowest BCUT2D eigenvalue weighted by atomic mass is 10.0. The van der Waals surface area contributed by atoms with Crippen LogP contribution in [0.1, 0.15) is 29.8 Å². The van der Waals surface area contributed by atoms with Gasteiger partial charge >= 0.3 is 0 Å². The Kier molecular flexibility index (Phi) is 5.07. The van der Waals surface area contributed by atoms with Crippen molar-refractivity contribution in [2.45, 2.75) is 19.4 Å². The Morgan fingerprint density at radius 2 is 1.90 bits per heavy atom. The number of thiophene rings is 1. The molecule has 2 aromatic rings. The van der Waals surface area contributed by atoms with Crippen LogP contribution in [0.2, 0.25) is 5.02 Å². The minimum Gasteiger partial charge on any atom is -0.306 e. The fourth-order valence-electron chi connectivity index (χ4n) is 1.90. The molecule has 1 atom stereocenters. The number of benzene rings is 1. The van der Waals surface area contributed by atoms with E-state index in [1.54, 1.807) is 11.4 Å². The molecule has 1 heterocycles. The summed E-state index contributed by atoms with van der Waals surface area (Å²) in [6.45, 7) is 2.63. The lowest BCUT2D eigenvalue weighted by molar-refractivity contribution is 0.442. The Balaban J connectivity index is 2.44. The molecule has 0 aliphatic heterocycles. The number of hydrogen-bond acceptors (Lipinski definition) is 2. The second-order valence-electron chi connectivity index (χ2n) is 4.32. The molecule has 0 radical (unpaired) electrons. The predicted octanol–water partition coefficient (Wildman–Crippen LogP) is 4.91. The zero-order chi connectivity index (χ0) is 14.7. The highest BCUT2D eigenvalue weighted by molar-refractivity contribution is 7.10. The van der Waals surface area contributed by atoms with Gasteiger partial charge < -0.3 is 5.32 Å². The first-order valence-electron chi connectivity index (χ1n) is 6.15. The van der Waals surface area contributed by atoms with Crippen LogP contribution in [-0.4, -0.2) is 6.54 Å². The molecule has 1 unspecified atom stereocenters. The lowest BCUT2D eigenvalue weighted by Crippen LogP contribution is -2.23. The van der Waals surface area contributed by atoms with Gasteiger partial charge in [-0.2, -0.15) is 0 Å². The molecule has 1 aromatic heterocycles. The third-order valence-electron chi connectivity index (χ3n) is 2.84. The minimum atomic E-state index is -1.46. The van der Waals surface area contributed by atoms with Crippen molar-refractivity contribution in [2.75, 3.05) is 6.54 Å². The molecule has 0 saturated carbocycles. The van der Waals surface area contributed by atoms with Crippen LogP contribution in [0.15, 0.2) is 23.6 Å². The first-order chi connectivity index (χ1) is 9.54. The molecule has 1 nitrogen and oxygen atoms in total. The summed E-state index contributed by atoms with van der Waals surface area (Å²) in [6, 6.07) is 3.27. The number of rotatable bonds is 5. The van der Waals surface area contributed by atoms with Crippen LogP contribution in [0, 0.1) is 17.5 Å². The van der Waals surface area contributed by atoms with Gasteiger partial charge in [0.25, 0.3) is 0 Å². The molecular formula is C14H13ClF3NS. The summed E-state index contributed by atoms with van der Waals surface area (Å²) in [5.74, 6) is -3.85. The van der Waals surface area contributed by atoms with E-state index in [1.807, 2.05) is 6.92 Å². The highest BCUT2D eigenvalue weighted by Crippen LogP contribution is 2.33. The van der Waals surface area contributed by atoms with E-state index in [9.17, 15) is 13.2 Å². The minimum absolute atomic E-state index is 0.319. The predicted molar refractivity (Wildman–Crippen MR) is 75.8 cm³/mol. The molecule has 0 fully saturated rings. The van der Waals surface area contributed by atoms with Gasteiger partial charge in [0.1, 0.15) is 0 Å². The molecule has 0 amide bonds. The van der Waals surface area contributed by atoms with Crippen molar-refractivity contribution >= 4 is 22.9 Å². The van der Waals surface area contributed by atoms with E-state index in [4.69, 9.17) is 11.6 Å². The maximum Gasteiger partial charge on any atom is 0.194 e. The fraction of sp³-hybridized carbons (Fsp3) is 0.286. The number of nitrogens with one attached hydrogen (secondary N) is 1. The molecule has 108 valence electrons. The Morgan fingerprint density at radius 3 is 2.40 bits per heavy atom. The molecule has 0 saturated heterocycles. The Bertz CT molecular complexity index is 577. The summed E-state index contributed by atoms with van der Waals surface area (Å²) in [5.41, 5.74) is 0.319. The third-order valence-corrected chi connectivity index (χ3v) is 4.27. The van der Waals surface area contributed by atoms with Gasteiger partial charge in [0.15, 0.2) is 17.5 Å². The summed E-state index contributed by atoms with van der Waals surface area (Å²) in [7, 11) is 0. The van der Waals surface area contributed by atoms with Crippen LogP contribution in [-0.2, 0) is 0 Å². The SMILES string of the molecule is CCCNC(c1cc(F)c(F)c(F)c1)c1sccc1Cl. The lowest BCUT2D eigenvalue weighted by Gasteiger charge is -2.19. The first kappa shape index (κ1) is 15.4. The molecule has 0 bridgehead atoms. The van der Waals surface area contributed by atoms with Crippen LogP contribution in [0.4, 0.5) is 13.2 Å². The van der Waals surface area contributed by atoms with Crippen molar-refractivity contribution < 1.29 is 13.2 Å². The van der Waals surface area contributed by atoms with Crippen molar-refractivity contribution in [3.8, 4) is 0 Å². The maximum atomic E-state index is 13.4. The summed E-state index contributed by atoms with van der Waals surface area (Å²) in [4.78, 5) is 0.755. The summed E-state index contributed by atoms with van der Waals surface area (Å²) in [6.07, 6.45) is 0.853. The first-order valence-corrected chi connectivity index (χ1v) is 7.41. The van der Waals surface area contributed by atoms with Crippen LogP contribution in [0.3, 0.4) is 0 Å². The summed E-state index contributed by atoms with van der Waals surface area (Å²) < 4.78 is 39.8. The van der Waals surface area contributed by atoms with E-state index in [1.165, 1.54) is 11.3 Å². The number of hydrogen-bond donors (Lipinski definition) is 1. The standard InChI is InChI=1S/C14H13ClF3NS/c1-2-4-19-13(14-9(15)3-5-20-14)8-6-10(16)12(18)11(17)7-8/h3,5-7,13,19H,2,4H2,1H3. The van der Waals surface area contributed by atoms with E-state index in [0.29, 0.717) is 17.1 Å². The van der Waals surface area contributed by atoms with Crippen LogP contribution >= 0.6 is 22.9 Å². The summed E-state index contributed by atoms with van der Waals surface area (Å²) in [5, 5.41) is 5.50. The molecule has 2 rings (SSSR count). The van der Waals surface area contributed by atoms with E-state index < -0.39 is 23.5 Å². The van der Waals surface area contributed by atoms with Crippen molar-refractivity contribution in [1.29, 1.82) is 0 Å². The average molecular weight is 320 g/mol. The smallest absolute Gasteiger partial charge is 0.194 e. The second kappa shape index (κ2) is 6.61. The van der Waals surface area contributed by atoms with Gasteiger partial charge in [-0.25, -0.2) is 13.2 Å².